The molecule has 0 bridgehead atoms. The van der Waals surface area contributed by atoms with Gasteiger partial charge in [0.2, 0.25) is 0 Å². The molecule has 1 heterocycles. The van der Waals surface area contributed by atoms with E-state index >= 15 is 0 Å². The quantitative estimate of drug-likeness (QED) is 0.595. The van der Waals surface area contributed by atoms with Crippen molar-refractivity contribution in [2.75, 3.05) is 12.3 Å². The van der Waals surface area contributed by atoms with Gasteiger partial charge in [-0.1, -0.05) is 48.5 Å². The third-order valence-electron chi connectivity index (χ3n) is 4.62. The minimum Gasteiger partial charge on any atom is -0.322 e. The molecule has 5 heteroatoms. The normalized spacial score (nSPS) is 16.5. The van der Waals surface area contributed by atoms with E-state index in [0.29, 0.717) is 17.7 Å². The van der Waals surface area contributed by atoms with E-state index in [0.717, 1.165) is 22.9 Å². The minimum atomic E-state index is -0.619. The summed E-state index contributed by atoms with van der Waals surface area (Å²) >= 11 is 1.49. The molecule has 3 aromatic carbocycles. The lowest BCUT2D eigenvalue weighted by molar-refractivity contribution is 0.0759. The standard InChI is InChI=1S/C22H17F2NOS/c23-18-10-11-19(20(24)14-18)22-25(12-13-27-22)21(26)17-8-6-16(7-9-17)15-4-2-1-3-5-15/h1-11,14,22H,12-13H2/t22-/m1/s1. The maximum Gasteiger partial charge on any atom is 0.255 e. The highest BCUT2D eigenvalue weighted by atomic mass is 32.2. The van der Waals surface area contributed by atoms with Crippen molar-refractivity contribution in [1.29, 1.82) is 0 Å². The number of hydrogen-bond donors (Lipinski definition) is 0. The van der Waals surface area contributed by atoms with E-state index in [-0.39, 0.29) is 5.91 Å². The fraction of sp³-hybridized carbons (Fsp3) is 0.136. The summed E-state index contributed by atoms with van der Waals surface area (Å²) < 4.78 is 27.4. The lowest BCUT2D eigenvalue weighted by Gasteiger charge is -2.24. The van der Waals surface area contributed by atoms with Crippen molar-refractivity contribution in [2.24, 2.45) is 0 Å². The number of thioether (sulfide) groups is 1. The van der Waals surface area contributed by atoms with Crippen LogP contribution in [0.2, 0.25) is 0 Å². The molecule has 0 unspecified atom stereocenters. The Bertz CT molecular complexity index is 960. The predicted octanol–water partition coefficient (Wildman–Crippen LogP) is 5.52. The van der Waals surface area contributed by atoms with Gasteiger partial charge in [0.25, 0.3) is 5.91 Å². The molecular weight excluding hydrogens is 364 g/mol. The molecule has 0 spiro atoms. The topological polar surface area (TPSA) is 20.3 Å². The Kier molecular flexibility index (Phi) is 4.94. The van der Waals surface area contributed by atoms with Crippen molar-refractivity contribution < 1.29 is 13.6 Å². The van der Waals surface area contributed by atoms with Gasteiger partial charge >= 0.3 is 0 Å². The minimum absolute atomic E-state index is 0.145. The van der Waals surface area contributed by atoms with E-state index in [2.05, 4.69) is 0 Å². The molecule has 0 N–H and O–H groups in total. The summed E-state index contributed by atoms with van der Waals surface area (Å²) in [5, 5.41) is -0.438. The maximum atomic E-state index is 14.2. The van der Waals surface area contributed by atoms with E-state index < -0.39 is 17.0 Å². The van der Waals surface area contributed by atoms with Crippen molar-refractivity contribution in [1.82, 2.24) is 4.90 Å². The Morgan fingerprint density at radius 3 is 2.33 bits per heavy atom. The first kappa shape index (κ1) is 17.7. The first-order valence-corrected chi connectivity index (χ1v) is 9.71. The fourth-order valence-electron chi connectivity index (χ4n) is 3.24. The van der Waals surface area contributed by atoms with Crippen molar-refractivity contribution in [3.05, 3.63) is 95.6 Å². The van der Waals surface area contributed by atoms with Crippen LogP contribution < -0.4 is 0 Å². The average Bonchev–Trinajstić information content (AvgIpc) is 3.18. The van der Waals surface area contributed by atoms with Crippen molar-refractivity contribution in [3.63, 3.8) is 0 Å². The second-order valence-electron chi connectivity index (χ2n) is 6.33. The van der Waals surface area contributed by atoms with Crippen LogP contribution in [0.25, 0.3) is 11.1 Å². The summed E-state index contributed by atoms with van der Waals surface area (Å²) in [6, 6.07) is 20.9. The molecule has 0 aliphatic carbocycles. The van der Waals surface area contributed by atoms with Gasteiger partial charge in [-0.2, -0.15) is 0 Å². The second kappa shape index (κ2) is 7.53. The van der Waals surface area contributed by atoms with Gasteiger partial charge in [0.05, 0.1) is 0 Å². The van der Waals surface area contributed by atoms with E-state index in [1.807, 2.05) is 42.5 Å². The smallest absolute Gasteiger partial charge is 0.255 e. The molecule has 0 aromatic heterocycles. The number of carbonyl (C=O) groups is 1. The fourth-order valence-corrected chi connectivity index (χ4v) is 4.52. The Labute approximate surface area is 160 Å². The molecule has 27 heavy (non-hydrogen) atoms. The molecule has 0 radical (unpaired) electrons. The molecule has 1 fully saturated rings. The van der Waals surface area contributed by atoms with Gasteiger partial charge in [0, 0.05) is 29.5 Å². The Morgan fingerprint density at radius 1 is 0.926 bits per heavy atom. The summed E-state index contributed by atoms with van der Waals surface area (Å²) in [5.74, 6) is -0.663. The highest BCUT2D eigenvalue weighted by Gasteiger charge is 2.33. The highest BCUT2D eigenvalue weighted by molar-refractivity contribution is 7.99. The Balaban J connectivity index is 1.58. The van der Waals surface area contributed by atoms with Crippen LogP contribution in [0, 0.1) is 11.6 Å². The van der Waals surface area contributed by atoms with Crippen LogP contribution >= 0.6 is 11.8 Å². The first-order valence-electron chi connectivity index (χ1n) is 8.66. The molecule has 4 rings (SSSR count). The van der Waals surface area contributed by atoms with E-state index in [1.54, 1.807) is 17.0 Å². The number of amides is 1. The van der Waals surface area contributed by atoms with Gasteiger partial charge < -0.3 is 4.90 Å². The SMILES string of the molecule is O=C(c1ccc(-c2ccccc2)cc1)N1CCS[C@@H]1c1ccc(F)cc1F. The number of benzene rings is 3. The number of carbonyl (C=O) groups excluding carboxylic acids is 1. The monoisotopic (exact) mass is 381 g/mol. The van der Waals surface area contributed by atoms with Gasteiger partial charge in [-0.25, -0.2) is 8.78 Å². The van der Waals surface area contributed by atoms with E-state index in [1.165, 1.54) is 23.9 Å². The average molecular weight is 381 g/mol. The predicted molar refractivity (Wildman–Crippen MR) is 104 cm³/mol. The Hall–Kier alpha value is -2.66. The summed E-state index contributed by atoms with van der Waals surface area (Å²) in [6.07, 6.45) is 0. The number of hydrogen-bond acceptors (Lipinski definition) is 2. The van der Waals surface area contributed by atoms with Crippen LogP contribution in [0.5, 0.6) is 0 Å². The molecule has 0 saturated carbocycles. The zero-order valence-electron chi connectivity index (χ0n) is 14.4. The van der Waals surface area contributed by atoms with Crippen molar-refractivity contribution in [3.8, 4) is 11.1 Å². The van der Waals surface area contributed by atoms with Crippen molar-refractivity contribution in [2.45, 2.75) is 5.37 Å². The third-order valence-corrected chi connectivity index (χ3v) is 5.86. The number of nitrogens with zero attached hydrogens (tertiary/aromatic N) is 1. The van der Waals surface area contributed by atoms with Crippen LogP contribution in [0.4, 0.5) is 8.78 Å². The van der Waals surface area contributed by atoms with Crippen LogP contribution in [0.1, 0.15) is 21.3 Å². The van der Waals surface area contributed by atoms with Crippen LogP contribution in [0.15, 0.2) is 72.8 Å². The van der Waals surface area contributed by atoms with Crippen LogP contribution in [-0.2, 0) is 0 Å². The lowest BCUT2D eigenvalue weighted by atomic mass is 10.0. The molecule has 1 amide bonds. The second-order valence-corrected chi connectivity index (χ2v) is 7.52. The Morgan fingerprint density at radius 2 is 1.63 bits per heavy atom. The molecule has 136 valence electrons. The van der Waals surface area contributed by atoms with Gasteiger partial charge in [-0.05, 0) is 29.3 Å². The summed E-state index contributed by atoms with van der Waals surface area (Å²) in [5.41, 5.74) is 3.02. The molecular formula is C22H17F2NOS. The molecule has 1 aliphatic rings. The first-order chi connectivity index (χ1) is 13.1. The molecule has 2 nitrogen and oxygen atoms in total. The van der Waals surface area contributed by atoms with E-state index in [9.17, 15) is 13.6 Å². The summed E-state index contributed by atoms with van der Waals surface area (Å²) in [6.45, 7) is 0.533. The number of halogens is 2. The molecule has 1 atom stereocenters. The van der Waals surface area contributed by atoms with Gasteiger partial charge in [0.15, 0.2) is 0 Å². The van der Waals surface area contributed by atoms with Crippen LogP contribution in [-0.4, -0.2) is 23.1 Å². The van der Waals surface area contributed by atoms with Crippen LogP contribution in [0.3, 0.4) is 0 Å². The molecule has 1 aliphatic heterocycles. The maximum absolute atomic E-state index is 14.2. The third kappa shape index (κ3) is 3.60. The lowest BCUT2D eigenvalue weighted by Crippen LogP contribution is -2.30. The van der Waals surface area contributed by atoms with Crippen molar-refractivity contribution >= 4 is 17.7 Å². The number of rotatable bonds is 3. The molecule has 3 aromatic rings. The van der Waals surface area contributed by atoms with Gasteiger partial charge in [0.1, 0.15) is 17.0 Å². The highest BCUT2D eigenvalue weighted by Crippen LogP contribution is 2.40. The summed E-state index contributed by atoms with van der Waals surface area (Å²) in [4.78, 5) is 14.6. The summed E-state index contributed by atoms with van der Waals surface area (Å²) in [7, 11) is 0. The zero-order chi connectivity index (χ0) is 18.8. The van der Waals surface area contributed by atoms with E-state index in [4.69, 9.17) is 0 Å². The molecule has 1 saturated heterocycles. The zero-order valence-corrected chi connectivity index (χ0v) is 15.3. The largest absolute Gasteiger partial charge is 0.322 e. The van der Waals surface area contributed by atoms with Gasteiger partial charge in [-0.15, -0.1) is 11.8 Å². The van der Waals surface area contributed by atoms with Gasteiger partial charge in [-0.3, -0.25) is 4.79 Å².